The second-order valence-corrected chi connectivity index (χ2v) is 5.81. The standard InChI is InChI=1S/C16H18F2N2O4/c1-19-15(21)13-8-20(16(22)24-13)10-6-11(17)14(12(18)7-10)9-2-4-23-5-3-9/h6-7,9,13H,2-5,8H2,1H3,(H,19,21). The Balaban J connectivity index is 1.85. The number of ether oxygens (including phenoxy) is 2. The molecule has 1 unspecified atom stereocenters. The Hall–Kier alpha value is -2.22. The Labute approximate surface area is 137 Å². The average molecular weight is 340 g/mol. The van der Waals surface area contributed by atoms with Gasteiger partial charge in [0.1, 0.15) is 11.6 Å². The fourth-order valence-electron chi connectivity index (χ4n) is 3.07. The fraction of sp³-hybridized carbons (Fsp3) is 0.500. The Bertz CT molecular complexity index is 638. The van der Waals surface area contributed by atoms with E-state index >= 15 is 0 Å². The number of carbonyl (C=O) groups excluding carboxylic acids is 2. The minimum absolute atomic E-state index is 0.0254. The molecule has 2 fully saturated rings. The zero-order valence-electron chi connectivity index (χ0n) is 13.2. The summed E-state index contributed by atoms with van der Waals surface area (Å²) in [5, 5.41) is 2.37. The van der Waals surface area contributed by atoms with Crippen LogP contribution in [0.1, 0.15) is 24.3 Å². The predicted octanol–water partition coefficient (Wildman–Crippen LogP) is 1.93. The SMILES string of the molecule is CNC(=O)C1CN(c2cc(F)c(C3CCOCC3)c(F)c2)C(=O)O1. The highest BCUT2D eigenvalue weighted by Gasteiger charge is 2.37. The van der Waals surface area contributed by atoms with Gasteiger partial charge in [-0.1, -0.05) is 0 Å². The lowest BCUT2D eigenvalue weighted by Gasteiger charge is -2.24. The Morgan fingerprint density at radius 1 is 1.25 bits per heavy atom. The summed E-state index contributed by atoms with van der Waals surface area (Å²) in [6.07, 6.45) is -0.694. The van der Waals surface area contributed by atoms with Gasteiger partial charge in [-0.15, -0.1) is 0 Å². The Morgan fingerprint density at radius 3 is 2.46 bits per heavy atom. The first-order valence-corrected chi connectivity index (χ1v) is 7.77. The van der Waals surface area contributed by atoms with E-state index in [0.717, 1.165) is 17.0 Å². The number of amides is 2. The number of nitrogens with zero attached hydrogens (tertiary/aromatic N) is 1. The van der Waals surface area contributed by atoms with E-state index in [4.69, 9.17) is 9.47 Å². The van der Waals surface area contributed by atoms with Gasteiger partial charge in [-0.2, -0.15) is 0 Å². The molecule has 1 atom stereocenters. The number of hydrogen-bond acceptors (Lipinski definition) is 4. The molecule has 130 valence electrons. The molecule has 2 amide bonds. The van der Waals surface area contributed by atoms with Crippen molar-refractivity contribution in [3.63, 3.8) is 0 Å². The number of halogens is 2. The van der Waals surface area contributed by atoms with Crippen molar-refractivity contribution in [1.82, 2.24) is 5.32 Å². The number of nitrogens with one attached hydrogen (secondary N) is 1. The average Bonchev–Trinajstić information content (AvgIpc) is 2.96. The van der Waals surface area contributed by atoms with Gasteiger partial charge < -0.3 is 14.8 Å². The van der Waals surface area contributed by atoms with Crippen LogP contribution in [0.5, 0.6) is 0 Å². The lowest BCUT2D eigenvalue weighted by Crippen LogP contribution is -2.35. The van der Waals surface area contributed by atoms with E-state index in [0.29, 0.717) is 26.1 Å². The number of cyclic esters (lactones) is 1. The molecular weight excluding hydrogens is 322 g/mol. The van der Waals surface area contributed by atoms with Crippen molar-refractivity contribution in [2.75, 3.05) is 31.7 Å². The second-order valence-electron chi connectivity index (χ2n) is 5.81. The molecule has 3 rings (SSSR count). The van der Waals surface area contributed by atoms with Gasteiger partial charge in [-0.05, 0) is 30.9 Å². The summed E-state index contributed by atoms with van der Waals surface area (Å²) in [6, 6.07) is 2.22. The monoisotopic (exact) mass is 340 g/mol. The van der Waals surface area contributed by atoms with Crippen LogP contribution in [0.4, 0.5) is 19.3 Å². The number of carbonyl (C=O) groups is 2. The molecule has 2 aliphatic rings. The van der Waals surface area contributed by atoms with Crippen molar-refractivity contribution in [2.24, 2.45) is 0 Å². The van der Waals surface area contributed by atoms with Crippen molar-refractivity contribution in [3.8, 4) is 0 Å². The van der Waals surface area contributed by atoms with Crippen molar-refractivity contribution in [2.45, 2.75) is 24.9 Å². The van der Waals surface area contributed by atoms with Crippen LogP contribution in [0.2, 0.25) is 0 Å². The summed E-state index contributed by atoms with van der Waals surface area (Å²) in [5.74, 6) is -2.11. The number of likely N-dealkylation sites (N-methyl/N-ethyl adjacent to an activating group) is 1. The zero-order valence-corrected chi connectivity index (χ0v) is 13.2. The topological polar surface area (TPSA) is 67.9 Å². The van der Waals surface area contributed by atoms with Gasteiger partial charge >= 0.3 is 6.09 Å². The molecule has 2 heterocycles. The van der Waals surface area contributed by atoms with Crippen LogP contribution >= 0.6 is 0 Å². The molecule has 6 nitrogen and oxygen atoms in total. The van der Waals surface area contributed by atoms with Crippen LogP contribution in [-0.4, -0.2) is 44.9 Å². The summed E-state index contributed by atoms with van der Waals surface area (Å²) in [4.78, 5) is 24.5. The predicted molar refractivity (Wildman–Crippen MR) is 80.8 cm³/mol. The van der Waals surface area contributed by atoms with Gasteiger partial charge in [0.15, 0.2) is 6.10 Å². The molecular formula is C16H18F2N2O4. The van der Waals surface area contributed by atoms with Gasteiger partial charge in [0.2, 0.25) is 0 Å². The highest BCUT2D eigenvalue weighted by Crippen LogP contribution is 2.34. The fourth-order valence-corrected chi connectivity index (χ4v) is 3.07. The van der Waals surface area contributed by atoms with Gasteiger partial charge in [0.05, 0.1) is 12.2 Å². The molecule has 1 aromatic rings. The van der Waals surface area contributed by atoms with E-state index in [-0.39, 0.29) is 23.7 Å². The van der Waals surface area contributed by atoms with E-state index in [2.05, 4.69) is 5.32 Å². The molecule has 0 aliphatic carbocycles. The van der Waals surface area contributed by atoms with E-state index in [1.54, 1.807) is 0 Å². The number of hydrogen-bond donors (Lipinski definition) is 1. The third-order valence-electron chi connectivity index (χ3n) is 4.36. The van der Waals surface area contributed by atoms with Crippen molar-refractivity contribution in [1.29, 1.82) is 0 Å². The van der Waals surface area contributed by atoms with Crippen LogP contribution < -0.4 is 10.2 Å². The quantitative estimate of drug-likeness (QED) is 0.913. The first kappa shape index (κ1) is 16.6. The highest BCUT2D eigenvalue weighted by molar-refractivity contribution is 5.95. The van der Waals surface area contributed by atoms with Gasteiger partial charge in [0, 0.05) is 25.8 Å². The molecule has 0 saturated carbocycles. The van der Waals surface area contributed by atoms with E-state index in [9.17, 15) is 18.4 Å². The minimum atomic E-state index is -0.996. The summed E-state index contributed by atoms with van der Waals surface area (Å²) in [5.41, 5.74) is 0.0645. The summed E-state index contributed by atoms with van der Waals surface area (Å²) in [7, 11) is 1.42. The third-order valence-corrected chi connectivity index (χ3v) is 4.36. The van der Waals surface area contributed by atoms with E-state index in [1.165, 1.54) is 7.05 Å². The molecule has 2 aliphatic heterocycles. The minimum Gasteiger partial charge on any atom is -0.434 e. The number of benzene rings is 1. The summed E-state index contributed by atoms with van der Waals surface area (Å²) in [6.45, 7) is 0.850. The highest BCUT2D eigenvalue weighted by atomic mass is 19.1. The molecule has 0 aromatic heterocycles. The van der Waals surface area contributed by atoms with Crippen molar-refractivity contribution < 1.29 is 27.8 Å². The third kappa shape index (κ3) is 3.06. The van der Waals surface area contributed by atoms with Gasteiger partial charge in [-0.3, -0.25) is 9.69 Å². The molecule has 0 radical (unpaired) electrons. The molecule has 1 N–H and O–H groups in total. The molecule has 8 heteroatoms. The molecule has 0 bridgehead atoms. The summed E-state index contributed by atoms with van der Waals surface area (Å²) >= 11 is 0. The first-order valence-electron chi connectivity index (χ1n) is 7.77. The Kier molecular flexibility index (Phi) is 4.66. The Morgan fingerprint density at radius 2 is 1.88 bits per heavy atom. The van der Waals surface area contributed by atoms with E-state index < -0.39 is 29.7 Å². The van der Waals surface area contributed by atoms with Crippen LogP contribution in [0.3, 0.4) is 0 Å². The van der Waals surface area contributed by atoms with Crippen LogP contribution in [0.15, 0.2) is 12.1 Å². The van der Waals surface area contributed by atoms with Crippen LogP contribution in [-0.2, 0) is 14.3 Å². The number of rotatable bonds is 3. The lowest BCUT2D eigenvalue weighted by atomic mass is 9.90. The second kappa shape index (κ2) is 6.72. The number of anilines is 1. The van der Waals surface area contributed by atoms with Gasteiger partial charge in [-0.25, -0.2) is 13.6 Å². The summed E-state index contributed by atoms with van der Waals surface area (Å²) < 4.78 is 39.1. The van der Waals surface area contributed by atoms with Crippen molar-refractivity contribution in [3.05, 3.63) is 29.3 Å². The molecule has 1 aromatic carbocycles. The lowest BCUT2D eigenvalue weighted by molar-refractivity contribution is -0.127. The van der Waals surface area contributed by atoms with Crippen LogP contribution in [0.25, 0.3) is 0 Å². The van der Waals surface area contributed by atoms with Crippen LogP contribution in [0, 0.1) is 11.6 Å². The maximum absolute atomic E-state index is 14.5. The zero-order chi connectivity index (χ0) is 17.3. The molecule has 0 spiro atoms. The first-order chi connectivity index (χ1) is 11.5. The normalized spacial score (nSPS) is 21.7. The van der Waals surface area contributed by atoms with Crippen molar-refractivity contribution >= 4 is 17.7 Å². The maximum Gasteiger partial charge on any atom is 0.415 e. The largest absolute Gasteiger partial charge is 0.434 e. The molecule has 24 heavy (non-hydrogen) atoms. The van der Waals surface area contributed by atoms with E-state index in [1.807, 2.05) is 0 Å². The maximum atomic E-state index is 14.5. The molecule has 2 saturated heterocycles. The smallest absolute Gasteiger partial charge is 0.415 e. The van der Waals surface area contributed by atoms with Gasteiger partial charge in [0.25, 0.3) is 5.91 Å².